The second-order valence-electron chi connectivity index (χ2n) is 29.0. The maximum absolute atomic E-state index is 13.3. The molecule has 0 aromatic carbocycles. The average Bonchev–Trinajstić information content (AvgIpc) is 3.04. The van der Waals surface area contributed by atoms with Crippen LogP contribution < -0.4 is 0 Å². The molecule has 0 fully saturated rings. The lowest BCUT2D eigenvalue weighted by Gasteiger charge is -2.38. The van der Waals surface area contributed by atoms with Crippen LogP contribution in [0.3, 0.4) is 0 Å². The molecule has 7 unspecified atom stereocenters. The summed E-state index contributed by atoms with van der Waals surface area (Å²) in [6.07, 6.45) is 2.98. The number of ether oxygens (including phenoxy) is 2. The van der Waals surface area contributed by atoms with Crippen LogP contribution in [0.15, 0.2) is 0 Å². The predicted octanol–water partition coefficient (Wildman–Crippen LogP) is 19.0. The lowest BCUT2D eigenvalue weighted by Crippen LogP contribution is -2.37. The zero-order chi connectivity index (χ0) is 53.9. The van der Waals surface area contributed by atoms with Crippen molar-refractivity contribution < 1.29 is 24.1 Å². The van der Waals surface area contributed by atoms with Crippen molar-refractivity contribution in [1.82, 2.24) is 0 Å². The molecular weight excluding hydrogens is 792 g/mol. The minimum atomic E-state index is -1.06. The van der Waals surface area contributed by atoms with Crippen LogP contribution in [0.25, 0.3) is 0 Å². The van der Waals surface area contributed by atoms with Crippen molar-refractivity contribution in [2.24, 2.45) is 73.4 Å². The van der Waals surface area contributed by atoms with Gasteiger partial charge in [-0.25, -0.2) is 4.39 Å². The second kappa shape index (κ2) is 29.7. The van der Waals surface area contributed by atoms with Crippen LogP contribution in [0.1, 0.15) is 269 Å². The Bertz CT molecular complexity index is 896. The molecule has 4 nitrogen and oxygen atoms in total. The topological polar surface area (TPSA) is 58.9 Å². The molecule has 7 atom stereocenters. The molecule has 0 aliphatic heterocycles. The fourth-order valence-electron chi connectivity index (χ4n) is 6.75. The van der Waals surface area contributed by atoms with E-state index >= 15 is 0 Å². The van der Waals surface area contributed by atoms with Gasteiger partial charge in [-0.2, -0.15) is 0 Å². The SMILES string of the molecule is CC(C(C)(C)C)C(C)(C)C.CC(C(C)(C)C)C(C)(C)F.CC(C(C)(C)C)C(C)(C)O.CC(C(C)(C)C)C(C)(C)O.CCCOC(C)C(C)C(C)(C)C.CCCOC(C)C(C)C(C)(C)C. The molecule has 396 valence electrons. The molecule has 0 saturated carbocycles. The predicted molar refractivity (Wildman–Crippen MR) is 290 cm³/mol. The summed E-state index contributed by atoms with van der Waals surface area (Å²) in [5.74, 6) is 2.73. The first-order valence-electron chi connectivity index (χ1n) is 25.8. The third-order valence-corrected chi connectivity index (χ3v) is 15.0. The van der Waals surface area contributed by atoms with Crippen molar-refractivity contribution in [3.05, 3.63) is 0 Å². The molecule has 0 heterocycles. The van der Waals surface area contributed by atoms with E-state index in [1.54, 1.807) is 13.8 Å². The van der Waals surface area contributed by atoms with Crippen LogP contribution in [0.5, 0.6) is 0 Å². The summed E-state index contributed by atoms with van der Waals surface area (Å²) in [4.78, 5) is 0. The maximum atomic E-state index is 13.3. The molecule has 2 N–H and O–H groups in total. The van der Waals surface area contributed by atoms with Crippen molar-refractivity contribution in [3.63, 3.8) is 0 Å². The van der Waals surface area contributed by atoms with Crippen LogP contribution in [-0.2, 0) is 9.47 Å². The molecule has 0 rings (SSSR count). The van der Waals surface area contributed by atoms with Crippen molar-refractivity contribution in [2.75, 3.05) is 13.2 Å². The molecule has 0 saturated heterocycles. The third kappa shape index (κ3) is 39.7. The summed E-state index contributed by atoms with van der Waals surface area (Å²) in [7, 11) is 0. The molecule has 5 heteroatoms. The largest absolute Gasteiger partial charge is 0.390 e. The van der Waals surface area contributed by atoms with Crippen LogP contribution >= 0.6 is 0 Å². The van der Waals surface area contributed by atoms with Gasteiger partial charge >= 0.3 is 0 Å². The van der Waals surface area contributed by atoms with Gasteiger partial charge in [0.15, 0.2) is 0 Å². The molecule has 64 heavy (non-hydrogen) atoms. The standard InChI is InChI=1S/2C11H24O.C10H22.C9H19F.2C9H20O/c2*1-7-8-12-10(3)9(2)11(4,5)6;1-8(9(2,3)4)10(5,6)7;3*1-7(8(2,3)4)9(5,6)10/h2*9-10H,7-8H2,1-6H3;8H,1-7H3;7H,1-6H3;2*7,10H,1-6H3. The van der Waals surface area contributed by atoms with Gasteiger partial charge in [-0.3, -0.25) is 0 Å². The quantitative estimate of drug-likeness (QED) is 0.217. The highest BCUT2D eigenvalue weighted by Gasteiger charge is 2.35. The van der Waals surface area contributed by atoms with E-state index in [1.165, 1.54) is 0 Å². The fraction of sp³-hybridized carbons (Fsp3) is 1.00. The normalized spacial score (nSPS) is 16.8. The summed E-state index contributed by atoms with van der Waals surface area (Å²) in [6, 6.07) is 0. The molecule has 0 amide bonds. The van der Waals surface area contributed by atoms with Crippen LogP contribution in [0.2, 0.25) is 0 Å². The molecule has 0 bridgehead atoms. The number of halogens is 1. The summed E-state index contributed by atoms with van der Waals surface area (Å²) in [5.41, 5.74) is -0.125. The molecular formula is C59H129FO4. The van der Waals surface area contributed by atoms with E-state index < -0.39 is 16.9 Å². The van der Waals surface area contributed by atoms with Gasteiger partial charge in [0.2, 0.25) is 0 Å². The Morgan fingerprint density at radius 2 is 0.516 bits per heavy atom. The Balaban J connectivity index is -0.000000158. The highest BCUT2D eigenvalue weighted by Crippen LogP contribution is 2.39. The molecule has 0 aromatic heterocycles. The van der Waals surface area contributed by atoms with E-state index in [1.807, 2.05) is 34.6 Å². The Labute approximate surface area is 407 Å². The number of aliphatic hydroxyl groups is 2. The van der Waals surface area contributed by atoms with Crippen molar-refractivity contribution >= 4 is 0 Å². The van der Waals surface area contributed by atoms with Gasteiger partial charge in [0.05, 0.1) is 23.4 Å². The van der Waals surface area contributed by atoms with Crippen molar-refractivity contribution in [1.29, 1.82) is 0 Å². The summed E-state index contributed by atoms with van der Waals surface area (Å²) in [5, 5.41) is 19.2. The fourth-order valence-corrected chi connectivity index (χ4v) is 6.75. The lowest BCUT2D eigenvalue weighted by molar-refractivity contribution is -0.0233. The molecule has 0 spiro atoms. The van der Waals surface area contributed by atoms with Crippen LogP contribution in [0, 0.1) is 73.4 Å². The van der Waals surface area contributed by atoms with Crippen molar-refractivity contribution in [2.45, 2.75) is 298 Å². The Morgan fingerprint density at radius 3 is 0.578 bits per heavy atom. The Kier molecular flexibility index (Phi) is 35.0. The zero-order valence-corrected chi connectivity index (χ0v) is 51.5. The maximum Gasteiger partial charge on any atom is 0.108 e. The van der Waals surface area contributed by atoms with Gasteiger partial charge in [0.25, 0.3) is 0 Å². The van der Waals surface area contributed by atoms with E-state index in [0.717, 1.165) is 32.0 Å². The van der Waals surface area contributed by atoms with Gasteiger partial charge in [0.1, 0.15) is 5.67 Å². The smallest absolute Gasteiger partial charge is 0.108 e. The van der Waals surface area contributed by atoms with E-state index in [9.17, 15) is 14.6 Å². The van der Waals surface area contributed by atoms with E-state index in [2.05, 4.69) is 208 Å². The minimum absolute atomic E-state index is 0.0677. The van der Waals surface area contributed by atoms with E-state index in [-0.39, 0.29) is 22.2 Å². The van der Waals surface area contributed by atoms with Gasteiger partial charge in [-0.15, -0.1) is 0 Å². The Hall–Kier alpha value is -0.230. The first kappa shape index (κ1) is 75.3. The molecule has 0 radical (unpaired) electrons. The summed E-state index contributed by atoms with van der Waals surface area (Å²) in [6.45, 7) is 80.7. The molecule has 0 aliphatic rings. The van der Waals surface area contributed by atoms with E-state index in [0.29, 0.717) is 57.5 Å². The first-order valence-corrected chi connectivity index (χ1v) is 25.8. The van der Waals surface area contributed by atoms with Gasteiger partial charge < -0.3 is 19.7 Å². The summed E-state index contributed by atoms with van der Waals surface area (Å²) < 4.78 is 24.6. The van der Waals surface area contributed by atoms with Gasteiger partial charge in [0, 0.05) is 13.2 Å². The summed E-state index contributed by atoms with van der Waals surface area (Å²) >= 11 is 0. The Morgan fingerprint density at radius 1 is 0.328 bits per heavy atom. The first-order chi connectivity index (χ1) is 27.4. The number of hydrogen-bond acceptors (Lipinski definition) is 4. The van der Waals surface area contributed by atoms with Crippen molar-refractivity contribution in [3.8, 4) is 0 Å². The monoisotopic (exact) mass is 921 g/mol. The van der Waals surface area contributed by atoms with Crippen LogP contribution in [0.4, 0.5) is 4.39 Å². The molecule has 0 aliphatic carbocycles. The number of hydrogen-bond donors (Lipinski definition) is 2. The van der Waals surface area contributed by atoms with Crippen LogP contribution in [-0.4, -0.2) is 52.5 Å². The minimum Gasteiger partial charge on any atom is -0.390 e. The van der Waals surface area contributed by atoms with E-state index in [4.69, 9.17) is 9.47 Å². The zero-order valence-electron chi connectivity index (χ0n) is 51.5. The highest BCUT2D eigenvalue weighted by atomic mass is 19.1. The average molecular weight is 922 g/mol. The second-order valence-corrected chi connectivity index (χ2v) is 29.0. The lowest BCUT2D eigenvalue weighted by atomic mass is 9.68. The number of alkyl halides is 1. The third-order valence-electron chi connectivity index (χ3n) is 15.0. The highest BCUT2D eigenvalue weighted by molar-refractivity contribution is 4.85. The number of rotatable bonds is 11. The van der Waals surface area contributed by atoms with Gasteiger partial charge in [-0.05, 0) is 142 Å². The molecule has 0 aromatic rings. The van der Waals surface area contributed by atoms with Gasteiger partial charge in [-0.1, -0.05) is 201 Å².